The van der Waals surface area contributed by atoms with Crippen LogP contribution in [0.1, 0.15) is 35.5 Å². The number of nitrogens with one attached hydrogen (secondary N) is 1. The third kappa shape index (κ3) is 3.35. The molecule has 1 fully saturated rings. The van der Waals surface area contributed by atoms with Gasteiger partial charge < -0.3 is 10.2 Å². The highest BCUT2D eigenvalue weighted by Gasteiger charge is 2.14. The predicted octanol–water partition coefficient (Wildman–Crippen LogP) is 3.01. The Morgan fingerprint density at radius 2 is 1.82 bits per heavy atom. The Kier molecular flexibility index (Phi) is 4.22. The molecule has 0 unspecified atom stereocenters. The van der Waals surface area contributed by atoms with Gasteiger partial charge in [0.25, 0.3) is 0 Å². The van der Waals surface area contributed by atoms with Gasteiger partial charge in [-0.05, 0) is 51.3 Å². The molecule has 2 aromatic rings. The Morgan fingerprint density at radius 3 is 2.55 bits per heavy atom. The molecule has 0 bridgehead atoms. The molecular formula is C17H23N5. The summed E-state index contributed by atoms with van der Waals surface area (Å²) in [5.74, 6) is 1.92. The fraction of sp³-hybridized carbons (Fsp3) is 0.471. The minimum absolute atomic E-state index is 0.737. The highest BCUT2D eigenvalue weighted by Crippen LogP contribution is 2.20. The number of aryl methyl sites for hydroxylation is 3. The zero-order valence-corrected chi connectivity index (χ0v) is 13.6. The Balaban J connectivity index is 1.72. The minimum Gasteiger partial charge on any atom is -0.365 e. The van der Waals surface area contributed by atoms with E-state index in [0.717, 1.165) is 48.4 Å². The summed E-state index contributed by atoms with van der Waals surface area (Å²) in [5, 5.41) is 3.35. The van der Waals surface area contributed by atoms with E-state index in [0.29, 0.717) is 0 Å². The van der Waals surface area contributed by atoms with Gasteiger partial charge in [0.15, 0.2) is 0 Å². The maximum Gasteiger partial charge on any atom is 0.145 e. The number of anilines is 2. The van der Waals surface area contributed by atoms with E-state index in [1.807, 2.05) is 13.8 Å². The normalized spacial score (nSPS) is 14.4. The second-order valence-corrected chi connectivity index (χ2v) is 5.95. The van der Waals surface area contributed by atoms with E-state index in [4.69, 9.17) is 0 Å². The van der Waals surface area contributed by atoms with Crippen molar-refractivity contribution in [1.29, 1.82) is 0 Å². The molecule has 0 amide bonds. The van der Waals surface area contributed by atoms with Gasteiger partial charge in [-0.15, -0.1) is 0 Å². The first kappa shape index (κ1) is 14.8. The first-order valence-electron chi connectivity index (χ1n) is 7.88. The second-order valence-electron chi connectivity index (χ2n) is 5.95. The Hall–Kier alpha value is -2.17. The summed E-state index contributed by atoms with van der Waals surface area (Å²) in [6.45, 7) is 8.98. The van der Waals surface area contributed by atoms with Crippen LogP contribution in [0.2, 0.25) is 0 Å². The van der Waals surface area contributed by atoms with Gasteiger partial charge in [0.2, 0.25) is 0 Å². The van der Waals surface area contributed by atoms with E-state index >= 15 is 0 Å². The van der Waals surface area contributed by atoms with E-state index in [-0.39, 0.29) is 0 Å². The van der Waals surface area contributed by atoms with Crippen molar-refractivity contribution in [1.82, 2.24) is 15.0 Å². The summed E-state index contributed by atoms with van der Waals surface area (Å²) in [4.78, 5) is 15.9. The van der Waals surface area contributed by atoms with Gasteiger partial charge in [0.1, 0.15) is 11.6 Å². The maximum absolute atomic E-state index is 4.67. The lowest BCUT2D eigenvalue weighted by atomic mass is 10.2. The molecule has 0 spiro atoms. The van der Waals surface area contributed by atoms with Gasteiger partial charge in [-0.3, -0.25) is 4.98 Å². The molecule has 2 aromatic heterocycles. The fourth-order valence-electron chi connectivity index (χ4n) is 2.75. The van der Waals surface area contributed by atoms with Crippen molar-refractivity contribution in [3.63, 3.8) is 0 Å². The standard InChI is InChI=1S/C17H23N5/c1-12-8-15(9-17(20-12)22-6-4-5-7-22)10-19-16-11-18-13(2)14(3)21-16/h8-9,11H,4-7,10H2,1-3H3,(H,19,21). The average molecular weight is 297 g/mol. The van der Waals surface area contributed by atoms with Crippen LogP contribution in [0.25, 0.3) is 0 Å². The Labute approximate surface area is 131 Å². The number of hydrogen-bond donors (Lipinski definition) is 1. The maximum atomic E-state index is 4.67. The molecule has 0 saturated carbocycles. The zero-order chi connectivity index (χ0) is 15.5. The van der Waals surface area contributed by atoms with E-state index in [1.54, 1.807) is 6.20 Å². The van der Waals surface area contributed by atoms with Crippen LogP contribution in [0.3, 0.4) is 0 Å². The number of nitrogens with zero attached hydrogens (tertiary/aromatic N) is 4. The van der Waals surface area contributed by atoms with Gasteiger partial charge in [-0.2, -0.15) is 0 Å². The largest absolute Gasteiger partial charge is 0.365 e. The molecule has 0 radical (unpaired) electrons. The monoisotopic (exact) mass is 297 g/mol. The quantitative estimate of drug-likeness (QED) is 0.940. The van der Waals surface area contributed by atoms with Crippen molar-refractivity contribution in [3.05, 3.63) is 41.0 Å². The third-order valence-corrected chi connectivity index (χ3v) is 4.10. The van der Waals surface area contributed by atoms with Crippen LogP contribution in [0.15, 0.2) is 18.3 Å². The van der Waals surface area contributed by atoms with Crippen LogP contribution >= 0.6 is 0 Å². The molecule has 0 atom stereocenters. The first-order valence-corrected chi connectivity index (χ1v) is 7.88. The first-order chi connectivity index (χ1) is 10.6. The highest BCUT2D eigenvalue weighted by molar-refractivity contribution is 5.45. The van der Waals surface area contributed by atoms with Gasteiger partial charge >= 0.3 is 0 Å². The summed E-state index contributed by atoms with van der Waals surface area (Å²) >= 11 is 0. The number of rotatable bonds is 4. The lowest BCUT2D eigenvalue weighted by molar-refractivity contribution is 0.921. The van der Waals surface area contributed by atoms with Crippen molar-refractivity contribution >= 4 is 11.6 Å². The van der Waals surface area contributed by atoms with Crippen LogP contribution in [0.5, 0.6) is 0 Å². The van der Waals surface area contributed by atoms with Crippen LogP contribution < -0.4 is 10.2 Å². The van der Waals surface area contributed by atoms with E-state index in [9.17, 15) is 0 Å². The van der Waals surface area contributed by atoms with E-state index < -0.39 is 0 Å². The topological polar surface area (TPSA) is 53.9 Å². The van der Waals surface area contributed by atoms with Crippen molar-refractivity contribution in [3.8, 4) is 0 Å². The number of hydrogen-bond acceptors (Lipinski definition) is 5. The van der Waals surface area contributed by atoms with Crippen LogP contribution in [0.4, 0.5) is 11.6 Å². The summed E-state index contributed by atoms with van der Waals surface area (Å²) in [7, 11) is 0. The smallest absolute Gasteiger partial charge is 0.145 e. The lowest BCUT2D eigenvalue weighted by Crippen LogP contribution is -2.19. The molecule has 1 aliphatic rings. The summed E-state index contributed by atoms with van der Waals surface area (Å²) in [6.07, 6.45) is 4.32. The van der Waals surface area contributed by atoms with Gasteiger partial charge in [-0.25, -0.2) is 9.97 Å². The molecule has 3 rings (SSSR count). The SMILES string of the molecule is Cc1cc(CNc2cnc(C)c(C)n2)cc(N2CCCC2)n1. The molecule has 1 aliphatic heterocycles. The van der Waals surface area contributed by atoms with Crippen LogP contribution in [-0.4, -0.2) is 28.0 Å². The predicted molar refractivity (Wildman–Crippen MR) is 89.3 cm³/mol. The van der Waals surface area contributed by atoms with Crippen LogP contribution in [0, 0.1) is 20.8 Å². The molecule has 22 heavy (non-hydrogen) atoms. The molecular weight excluding hydrogens is 274 g/mol. The molecule has 0 aliphatic carbocycles. The van der Waals surface area contributed by atoms with Gasteiger partial charge in [-0.1, -0.05) is 0 Å². The summed E-state index contributed by atoms with van der Waals surface area (Å²) in [5.41, 5.74) is 4.23. The van der Waals surface area contributed by atoms with Gasteiger partial charge in [0.05, 0.1) is 17.6 Å². The molecule has 3 heterocycles. The molecule has 1 N–H and O–H groups in total. The van der Waals surface area contributed by atoms with Gasteiger partial charge in [0, 0.05) is 25.3 Å². The Morgan fingerprint density at radius 1 is 1.05 bits per heavy atom. The fourth-order valence-corrected chi connectivity index (χ4v) is 2.75. The molecule has 5 nitrogen and oxygen atoms in total. The highest BCUT2D eigenvalue weighted by atomic mass is 15.2. The molecule has 116 valence electrons. The van der Waals surface area contributed by atoms with Crippen LogP contribution in [-0.2, 0) is 6.54 Å². The van der Waals surface area contributed by atoms with E-state index in [1.165, 1.54) is 18.4 Å². The van der Waals surface area contributed by atoms with E-state index in [2.05, 4.69) is 44.2 Å². The zero-order valence-electron chi connectivity index (χ0n) is 13.6. The lowest BCUT2D eigenvalue weighted by Gasteiger charge is -2.18. The van der Waals surface area contributed by atoms with Crippen molar-refractivity contribution in [2.75, 3.05) is 23.3 Å². The Bertz CT molecular complexity index is 662. The molecule has 0 aromatic carbocycles. The molecule has 5 heteroatoms. The third-order valence-electron chi connectivity index (χ3n) is 4.10. The minimum atomic E-state index is 0.737. The van der Waals surface area contributed by atoms with Crippen molar-refractivity contribution < 1.29 is 0 Å². The summed E-state index contributed by atoms with van der Waals surface area (Å²) in [6, 6.07) is 4.31. The van der Waals surface area contributed by atoms with Crippen molar-refractivity contribution in [2.45, 2.75) is 40.2 Å². The number of aromatic nitrogens is 3. The second kappa shape index (κ2) is 6.30. The molecule has 1 saturated heterocycles. The van der Waals surface area contributed by atoms with Crippen molar-refractivity contribution in [2.24, 2.45) is 0 Å². The average Bonchev–Trinajstić information content (AvgIpc) is 3.02. The number of pyridine rings is 1. The summed E-state index contributed by atoms with van der Waals surface area (Å²) < 4.78 is 0.